The third-order valence-electron chi connectivity index (χ3n) is 3.58. The number of likely N-dealkylation sites (tertiary alicyclic amines) is 1. The molecule has 1 atom stereocenters. The van der Waals surface area contributed by atoms with Crippen molar-refractivity contribution in [3.8, 4) is 5.75 Å². The molecule has 1 saturated heterocycles. The maximum atomic E-state index is 13.3. The van der Waals surface area contributed by atoms with E-state index >= 15 is 0 Å². The fraction of sp³-hybridized carbons (Fsp3) is 0.600. The zero-order valence-corrected chi connectivity index (χ0v) is 11.6. The van der Waals surface area contributed by atoms with Crippen molar-refractivity contribution in [3.63, 3.8) is 0 Å². The van der Waals surface area contributed by atoms with Gasteiger partial charge in [0, 0.05) is 24.2 Å². The molecular weight excluding hydrogens is 243 g/mol. The number of halogens is 1. The standard InChI is InChI=1S/C15H23FN2O/c1-12(17)14-6-5-13(16)11-15(14)19-10-9-18-7-3-2-4-8-18/h5-6,11-12H,2-4,7-10,17H2,1H3/t12-/m1/s1. The lowest BCUT2D eigenvalue weighted by atomic mass is 10.1. The number of nitrogens with zero attached hydrogens (tertiary/aromatic N) is 1. The van der Waals surface area contributed by atoms with Gasteiger partial charge in [-0.05, 0) is 38.9 Å². The summed E-state index contributed by atoms with van der Waals surface area (Å²) >= 11 is 0. The van der Waals surface area contributed by atoms with Gasteiger partial charge in [0.15, 0.2) is 0 Å². The highest BCUT2D eigenvalue weighted by Crippen LogP contribution is 2.24. The van der Waals surface area contributed by atoms with Gasteiger partial charge < -0.3 is 10.5 Å². The highest BCUT2D eigenvalue weighted by Gasteiger charge is 2.12. The van der Waals surface area contributed by atoms with Gasteiger partial charge in [0.1, 0.15) is 18.2 Å². The second-order valence-electron chi connectivity index (χ2n) is 5.22. The van der Waals surface area contributed by atoms with Gasteiger partial charge in [-0.25, -0.2) is 4.39 Å². The molecule has 4 heteroatoms. The number of nitrogens with two attached hydrogens (primary N) is 1. The predicted molar refractivity (Wildman–Crippen MR) is 74.8 cm³/mol. The SMILES string of the molecule is C[C@@H](N)c1ccc(F)cc1OCCN1CCCCC1. The largest absolute Gasteiger partial charge is 0.492 e. The second kappa shape index (κ2) is 6.87. The van der Waals surface area contributed by atoms with Crippen molar-refractivity contribution in [1.29, 1.82) is 0 Å². The monoisotopic (exact) mass is 266 g/mol. The van der Waals surface area contributed by atoms with Gasteiger partial charge in [0.2, 0.25) is 0 Å². The zero-order valence-electron chi connectivity index (χ0n) is 11.6. The van der Waals surface area contributed by atoms with Crippen LogP contribution in [0.1, 0.15) is 37.8 Å². The van der Waals surface area contributed by atoms with E-state index in [4.69, 9.17) is 10.5 Å². The van der Waals surface area contributed by atoms with Crippen molar-refractivity contribution >= 4 is 0 Å². The van der Waals surface area contributed by atoms with E-state index in [1.807, 2.05) is 6.92 Å². The molecule has 0 spiro atoms. The molecule has 19 heavy (non-hydrogen) atoms. The Morgan fingerprint density at radius 1 is 1.32 bits per heavy atom. The van der Waals surface area contributed by atoms with Crippen LogP contribution in [0, 0.1) is 5.82 Å². The lowest BCUT2D eigenvalue weighted by molar-refractivity contribution is 0.182. The molecule has 1 heterocycles. The summed E-state index contributed by atoms with van der Waals surface area (Å²) in [6.45, 7) is 5.65. The molecule has 0 aromatic heterocycles. The van der Waals surface area contributed by atoms with Crippen molar-refractivity contribution in [2.75, 3.05) is 26.2 Å². The number of rotatable bonds is 5. The van der Waals surface area contributed by atoms with Crippen molar-refractivity contribution in [2.24, 2.45) is 5.73 Å². The molecular formula is C15H23FN2O. The Kier molecular flexibility index (Phi) is 5.16. The number of ether oxygens (including phenoxy) is 1. The molecule has 1 aliphatic heterocycles. The molecule has 106 valence electrons. The smallest absolute Gasteiger partial charge is 0.127 e. The van der Waals surface area contributed by atoms with E-state index in [-0.39, 0.29) is 11.9 Å². The molecule has 1 aromatic carbocycles. The number of benzene rings is 1. The second-order valence-corrected chi connectivity index (χ2v) is 5.22. The maximum Gasteiger partial charge on any atom is 0.127 e. The molecule has 1 aliphatic rings. The quantitative estimate of drug-likeness (QED) is 0.890. The fourth-order valence-electron chi connectivity index (χ4n) is 2.48. The predicted octanol–water partition coefficient (Wildman–Crippen LogP) is 2.71. The first-order valence-corrected chi connectivity index (χ1v) is 7.07. The average Bonchev–Trinajstić information content (AvgIpc) is 2.39. The van der Waals surface area contributed by atoms with Crippen LogP contribution in [0.25, 0.3) is 0 Å². The van der Waals surface area contributed by atoms with Crippen molar-refractivity contribution < 1.29 is 9.13 Å². The van der Waals surface area contributed by atoms with Crippen LogP contribution >= 0.6 is 0 Å². The van der Waals surface area contributed by atoms with Gasteiger partial charge >= 0.3 is 0 Å². The van der Waals surface area contributed by atoms with Crippen LogP contribution in [0.15, 0.2) is 18.2 Å². The summed E-state index contributed by atoms with van der Waals surface area (Å²) in [5.74, 6) is 0.296. The Hall–Kier alpha value is -1.13. The normalized spacial score (nSPS) is 18.3. The van der Waals surface area contributed by atoms with Crippen molar-refractivity contribution in [2.45, 2.75) is 32.2 Å². The molecule has 0 aliphatic carbocycles. The minimum atomic E-state index is -0.280. The Morgan fingerprint density at radius 2 is 2.05 bits per heavy atom. The van der Waals surface area contributed by atoms with Gasteiger partial charge in [0.25, 0.3) is 0 Å². The zero-order chi connectivity index (χ0) is 13.7. The molecule has 1 aromatic rings. The summed E-state index contributed by atoms with van der Waals surface area (Å²) in [6, 6.07) is 4.41. The van der Waals surface area contributed by atoms with Crippen LogP contribution in [-0.2, 0) is 0 Å². The van der Waals surface area contributed by atoms with Crippen molar-refractivity contribution in [1.82, 2.24) is 4.90 Å². The van der Waals surface area contributed by atoms with Crippen LogP contribution in [0.4, 0.5) is 4.39 Å². The Morgan fingerprint density at radius 3 is 2.74 bits per heavy atom. The Labute approximate surface area is 114 Å². The van der Waals surface area contributed by atoms with E-state index in [9.17, 15) is 4.39 Å². The third-order valence-corrected chi connectivity index (χ3v) is 3.58. The topological polar surface area (TPSA) is 38.5 Å². The molecule has 2 N–H and O–H groups in total. The van der Waals surface area contributed by atoms with E-state index in [2.05, 4.69) is 4.90 Å². The highest BCUT2D eigenvalue weighted by molar-refractivity contribution is 5.36. The van der Waals surface area contributed by atoms with Gasteiger partial charge in [-0.1, -0.05) is 12.5 Å². The number of hydrogen-bond acceptors (Lipinski definition) is 3. The maximum absolute atomic E-state index is 13.3. The van der Waals surface area contributed by atoms with E-state index < -0.39 is 0 Å². The summed E-state index contributed by atoms with van der Waals surface area (Å²) < 4.78 is 19.0. The summed E-state index contributed by atoms with van der Waals surface area (Å²) in [5, 5.41) is 0. The molecule has 0 amide bonds. The lowest BCUT2D eigenvalue weighted by Gasteiger charge is -2.26. The summed E-state index contributed by atoms with van der Waals surface area (Å²) in [4.78, 5) is 2.40. The van der Waals surface area contributed by atoms with Gasteiger partial charge in [-0.15, -0.1) is 0 Å². The summed E-state index contributed by atoms with van der Waals surface area (Å²) in [6.07, 6.45) is 3.87. The van der Waals surface area contributed by atoms with Crippen LogP contribution in [0.3, 0.4) is 0 Å². The molecule has 3 nitrogen and oxygen atoms in total. The molecule has 0 unspecified atom stereocenters. The molecule has 0 saturated carbocycles. The van der Waals surface area contributed by atoms with Gasteiger partial charge in [-0.2, -0.15) is 0 Å². The van der Waals surface area contributed by atoms with Crippen LogP contribution in [-0.4, -0.2) is 31.1 Å². The summed E-state index contributed by atoms with van der Waals surface area (Å²) in [5.41, 5.74) is 6.73. The van der Waals surface area contributed by atoms with Gasteiger partial charge in [-0.3, -0.25) is 4.90 Å². The molecule has 2 rings (SSSR count). The van der Waals surface area contributed by atoms with E-state index in [0.29, 0.717) is 12.4 Å². The first-order valence-electron chi connectivity index (χ1n) is 7.07. The Bertz CT molecular complexity index is 403. The molecule has 0 bridgehead atoms. The lowest BCUT2D eigenvalue weighted by Crippen LogP contribution is -2.33. The molecule has 1 fully saturated rings. The van der Waals surface area contributed by atoms with Crippen LogP contribution < -0.4 is 10.5 Å². The number of piperidine rings is 1. The average molecular weight is 266 g/mol. The minimum absolute atomic E-state index is 0.148. The highest BCUT2D eigenvalue weighted by atomic mass is 19.1. The summed E-state index contributed by atoms with van der Waals surface area (Å²) in [7, 11) is 0. The van der Waals surface area contributed by atoms with E-state index in [1.54, 1.807) is 6.07 Å². The molecule has 0 radical (unpaired) electrons. The fourth-order valence-corrected chi connectivity index (χ4v) is 2.48. The van der Waals surface area contributed by atoms with Crippen LogP contribution in [0.5, 0.6) is 5.75 Å². The van der Waals surface area contributed by atoms with E-state index in [0.717, 1.165) is 25.2 Å². The Balaban J connectivity index is 1.89. The third kappa shape index (κ3) is 4.18. The van der Waals surface area contributed by atoms with E-state index in [1.165, 1.54) is 31.4 Å². The first-order chi connectivity index (χ1) is 9.16. The first kappa shape index (κ1) is 14.3. The van der Waals surface area contributed by atoms with Crippen molar-refractivity contribution in [3.05, 3.63) is 29.6 Å². The van der Waals surface area contributed by atoms with Gasteiger partial charge in [0.05, 0.1) is 0 Å². The number of hydrogen-bond donors (Lipinski definition) is 1. The minimum Gasteiger partial charge on any atom is -0.492 e. The van der Waals surface area contributed by atoms with Crippen LogP contribution in [0.2, 0.25) is 0 Å².